The van der Waals surface area contributed by atoms with Crippen molar-refractivity contribution in [3.8, 4) is 11.5 Å². The highest BCUT2D eigenvalue weighted by Gasteiger charge is 2.13. The molecule has 0 aliphatic heterocycles. The molecule has 0 bridgehead atoms. The Morgan fingerprint density at radius 3 is 2.62 bits per heavy atom. The molecule has 0 heterocycles. The lowest BCUT2D eigenvalue weighted by Crippen LogP contribution is -2.42. The van der Waals surface area contributed by atoms with Gasteiger partial charge >= 0.3 is 0 Å². The van der Waals surface area contributed by atoms with Crippen molar-refractivity contribution in [3.05, 3.63) is 22.7 Å². The maximum atomic E-state index is 11.3. The molecule has 0 saturated carbocycles. The molecule has 0 spiro atoms. The van der Waals surface area contributed by atoms with E-state index in [2.05, 4.69) is 15.6 Å². The number of hydrogen-bond donors (Lipinski definition) is 2. The van der Waals surface area contributed by atoms with Gasteiger partial charge in [0.1, 0.15) is 9.84 Å². The van der Waals surface area contributed by atoms with Crippen molar-refractivity contribution in [1.82, 2.24) is 10.6 Å². The van der Waals surface area contributed by atoms with Gasteiger partial charge in [-0.1, -0.05) is 11.6 Å². The van der Waals surface area contributed by atoms with E-state index in [1.807, 2.05) is 26.0 Å². The zero-order valence-corrected chi connectivity index (χ0v) is 17.5. The molecule has 0 radical (unpaired) electrons. The molecule has 0 fully saturated rings. The monoisotopic (exact) mass is 405 g/mol. The normalized spacial score (nSPS) is 13.2. The van der Waals surface area contributed by atoms with E-state index < -0.39 is 9.84 Å². The molecule has 1 aromatic rings. The van der Waals surface area contributed by atoms with Crippen LogP contribution in [0.1, 0.15) is 25.8 Å². The van der Waals surface area contributed by atoms with E-state index in [0.29, 0.717) is 42.1 Å². The van der Waals surface area contributed by atoms with Gasteiger partial charge in [0.2, 0.25) is 0 Å². The van der Waals surface area contributed by atoms with Crippen molar-refractivity contribution < 1.29 is 17.9 Å². The molecular weight excluding hydrogens is 378 g/mol. The third kappa shape index (κ3) is 7.70. The number of methoxy groups -OCH3 is 1. The predicted octanol–water partition coefficient (Wildman–Crippen LogP) is 2.24. The Kier molecular flexibility index (Phi) is 9.01. The number of guanidine groups is 1. The molecule has 1 aromatic carbocycles. The number of ether oxygens (including phenoxy) is 2. The minimum Gasteiger partial charge on any atom is -0.493 e. The molecule has 1 rings (SSSR count). The number of benzene rings is 1. The number of nitrogens with one attached hydrogen (secondary N) is 2. The van der Waals surface area contributed by atoms with Gasteiger partial charge in [-0.25, -0.2) is 8.42 Å². The van der Waals surface area contributed by atoms with Crippen LogP contribution in [-0.4, -0.2) is 53.2 Å². The summed E-state index contributed by atoms with van der Waals surface area (Å²) in [4.78, 5) is 4.16. The number of aliphatic imine (C=N–C) groups is 1. The van der Waals surface area contributed by atoms with Crippen molar-refractivity contribution in [2.24, 2.45) is 4.99 Å². The molecule has 0 amide bonds. The second kappa shape index (κ2) is 10.5. The average Bonchev–Trinajstić information content (AvgIpc) is 2.58. The van der Waals surface area contributed by atoms with Crippen LogP contribution in [0.5, 0.6) is 11.5 Å². The maximum Gasteiger partial charge on any atom is 0.191 e. The number of sulfone groups is 1. The van der Waals surface area contributed by atoms with Crippen LogP contribution in [0.25, 0.3) is 0 Å². The molecule has 1 atom stereocenters. The van der Waals surface area contributed by atoms with E-state index in [9.17, 15) is 8.42 Å². The van der Waals surface area contributed by atoms with Crippen LogP contribution in [0, 0.1) is 0 Å². The van der Waals surface area contributed by atoms with Crippen LogP contribution in [0.2, 0.25) is 5.02 Å². The van der Waals surface area contributed by atoms with Crippen LogP contribution >= 0.6 is 11.6 Å². The highest BCUT2D eigenvalue weighted by molar-refractivity contribution is 7.90. The molecule has 2 N–H and O–H groups in total. The second-order valence-electron chi connectivity index (χ2n) is 5.93. The lowest BCUT2D eigenvalue weighted by Gasteiger charge is -2.18. The van der Waals surface area contributed by atoms with Crippen molar-refractivity contribution in [2.45, 2.75) is 32.9 Å². The van der Waals surface area contributed by atoms with Gasteiger partial charge in [-0.2, -0.15) is 0 Å². The SMILES string of the molecule is CCOc1c(Cl)cc(CNC(=NC)NC(C)CCS(C)(=O)=O)cc1OC. The second-order valence-corrected chi connectivity index (χ2v) is 8.60. The lowest BCUT2D eigenvalue weighted by molar-refractivity contribution is 0.311. The summed E-state index contributed by atoms with van der Waals surface area (Å²) in [6, 6.07) is 3.63. The van der Waals surface area contributed by atoms with Gasteiger partial charge in [-0.15, -0.1) is 0 Å². The Morgan fingerprint density at radius 2 is 2.08 bits per heavy atom. The Morgan fingerprint density at radius 1 is 1.38 bits per heavy atom. The van der Waals surface area contributed by atoms with Crippen LogP contribution in [0.3, 0.4) is 0 Å². The van der Waals surface area contributed by atoms with Crippen molar-refractivity contribution in [2.75, 3.05) is 32.8 Å². The smallest absolute Gasteiger partial charge is 0.191 e. The van der Waals surface area contributed by atoms with Crippen LogP contribution in [0.15, 0.2) is 17.1 Å². The third-order valence-corrected chi connectivity index (χ3v) is 4.82. The minimum absolute atomic E-state index is 0.0330. The summed E-state index contributed by atoms with van der Waals surface area (Å²) >= 11 is 6.27. The van der Waals surface area contributed by atoms with Crippen LogP contribution in [-0.2, 0) is 16.4 Å². The molecule has 0 aromatic heterocycles. The molecule has 0 aliphatic carbocycles. The minimum atomic E-state index is -2.98. The zero-order valence-electron chi connectivity index (χ0n) is 15.9. The Hall–Kier alpha value is -1.67. The summed E-state index contributed by atoms with van der Waals surface area (Å²) in [5, 5.41) is 6.83. The van der Waals surface area contributed by atoms with E-state index >= 15 is 0 Å². The van der Waals surface area contributed by atoms with E-state index in [4.69, 9.17) is 21.1 Å². The molecule has 1 unspecified atom stereocenters. The largest absolute Gasteiger partial charge is 0.493 e. The standard InChI is InChI=1S/C17H28ClN3O4S/c1-6-25-16-14(18)9-13(10-15(16)24-4)11-20-17(19-3)21-12(2)7-8-26(5,22)23/h9-10,12H,6-8,11H2,1-5H3,(H2,19,20,21). The first kappa shape index (κ1) is 22.4. The topological polar surface area (TPSA) is 89.0 Å². The Labute approximate surface area is 161 Å². The predicted molar refractivity (Wildman–Crippen MR) is 106 cm³/mol. The summed E-state index contributed by atoms with van der Waals surface area (Å²) in [7, 11) is 0.243. The van der Waals surface area contributed by atoms with Crippen LogP contribution < -0.4 is 20.1 Å². The average molecular weight is 406 g/mol. The van der Waals surface area contributed by atoms with Gasteiger partial charge in [0.15, 0.2) is 17.5 Å². The first-order valence-electron chi connectivity index (χ1n) is 8.34. The van der Waals surface area contributed by atoms with Gasteiger partial charge in [0.25, 0.3) is 0 Å². The number of rotatable bonds is 9. The molecule has 0 saturated heterocycles. The summed E-state index contributed by atoms with van der Waals surface area (Å²) in [6.07, 6.45) is 1.73. The highest BCUT2D eigenvalue weighted by Crippen LogP contribution is 2.36. The first-order chi connectivity index (χ1) is 12.2. The van der Waals surface area contributed by atoms with Gasteiger partial charge in [0.05, 0.1) is 24.5 Å². The zero-order chi connectivity index (χ0) is 19.7. The fraction of sp³-hybridized carbons (Fsp3) is 0.588. The maximum absolute atomic E-state index is 11.3. The number of halogens is 1. The Bertz CT molecular complexity index is 723. The summed E-state index contributed by atoms with van der Waals surface area (Å²) in [5.41, 5.74) is 0.905. The van der Waals surface area contributed by atoms with E-state index in [-0.39, 0.29) is 11.8 Å². The molecular formula is C17H28ClN3O4S. The van der Waals surface area contributed by atoms with Crippen molar-refractivity contribution in [3.63, 3.8) is 0 Å². The van der Waals surface area contributed by atoms with Crippen molar-refractivity contribution in [1.29, 1.82) is 0 Å². The van der Waals surface area contributed by atoms with Gasteiger partial charge in [-0.3, -0.25) is 4.99 Å². The van der Waals surface area contributed by atoms with E-state index in [1.54, 1.807) is 14.2 Å². The molecule has 9 heteroatoms. The number of nitrogens with zero attached hydrogens (tertiary/aromatic N) is 1. The summed E-state index contributed by atoms with van der Waals surface area (Å²) < 4.78 is 33.4. The summed E-state index contributed by atoms with van der Waals surface area (Å²) in [5.74, 6) is 1.80. The van der Waals surface area contributed by atoms with E-state index in [0.717, 1.165) is 5.56 Å². The molecule has 7 nitrogen and oxygen atoms in total. The summed E-state index contributed by atoms with van der Waals surface area (Å²) in [6.45, 7) is 4.76. The highest BCUT2D eigenvalue weighted by atomic mass is 35.5. The lowest BCUT2D eigenvalue weighted by atomic mass is 10.2. The van der Waals surface area contributed by atoms with Gasteiger partial charge in [-0.05, 0) is 38.0 Å². The first-order valence-corrected chi connectivity index (χ1v) is 10.8. The molecule has 0 aliphatic rings. The van der Waals surface area contributed by atoms with Crippen LogP contribution in [0.4, 0.5) is 0 Å². The fourth-order valence-corrected chi connectivity index (χ4v) is 3.31. The third-order valence-electron chi connectivity index (χ3n) is 3.57. The molecule has 148 valence electrons. The Balaban J connectivity index is 2.70. The molecule has 26 heavy (non-hydrogen) atoms. The van der Waals surface area contributed by atoms with E-state index in [1.165, 1.54) is 6.26 Å². The van der Waals surface area contributed by atoms with Crippen molar-refractivity contribution >= 4 is 27.4 Å². The van der Waals surface area contributed by atoms with Gasteiger partial charge in [0, 0.05) is 25.9 Å². The quantitative estimate of drug-likeness (QED) is 0.483. The number of hydrogen-bond acceptors (Lipinski definition) is 5. The fourth-order valence-electron chi connectivity index (χ4n) is 2.24. The van der Waals surface area contributed by atoms with Gasteiger partial charge < -0.3 is 20.1 Å².